The summed E-state index contributed by atoms with van der Waals surface area (Å²) in [7, 11) is 0. The lowest BCUT2D eigenvalue weighted by molar-refractivity contribution is -0.137. The summed E-state index contributed by atoms with van der Waals surface area (Å²) in [6, 6.07) is 7.15. The molecule has 4 heteroatoms. The molecule has 0 spiro atoms. The van der Waals surface area contributed by atoms with E-state index in [2.05, 4.69) is 4.98 Å². The summed E-state index contributed by atoms with van der Waals surface area (Å²) in [6.07, 6.45) is 3.29. The van der Waals surface area contributed by atoms with E-state index in [1.165, 1.54) is 0 Å². The summed E-state index contributed by atoms with van der Waals surface area (Å²) < 4.78 is 0. The Morgan fingerprint density at radius 2 is 2.12 bits per heavy atom. The third kappa shape index (κ3) is 2.01. The normalized spacial score (nSPS) is 12.6. The van der Waals surface area contributed by atoms with Gasteiger partial charge in [0.15, 0.2) is 0 Å². The van der Waals surface area contributed by atoms with Gasteiger partial charge < -0.3 is 10.8 Å². The lowest BCUT2D eigenvalue weighted by Crippen LogP contribution is -2.15. The number of rotatable bonds is 3. The van der Waals surface area contributed by atoms with Gasteiger partial charge in [0.2, 0.25) is 0 Å². The van der Waals surface area contributed by atoms with Crippen molar-refractivity contribution in [2.45, 2.75) is 12.5 Å². The van der Waals surface area contributed by atoms with Gasteiger partial charge in [-0.15, -0.1) is 0 Å². The number of carboxylic acid groups (broad SMARTS) is 1. The molecular formula is C12H12N2O2. The maximum absolute atomic E-state index is 10.6. The molecule has 0 fully saturated rings. The number of hydrogen-bond donors (Lipinski definition) is 2. The number of pyridine rings is 1. The van der Waals surface area contributed by atoms with Gasteiger partial charge in [0, 0.05) is 23.8 Å². The molecule has 4 nitrogen and oxygen atoms in total. The smallest absolute Gasteiger partial charge is 0.305 e. The van der Waals surface area contributed by atoms with E-state index in [0.29, 0.717) is 0 Å². The summed E-state index contributed by atoms with van der Waals surface area (Å²) in [5.74, 6) is -0.902. The van der Waals surface area contributed by atoms with Crippen molar-refractivity contribution in [3.05, 3.63) is 42.2 Å². The Bertz CT molecular complexity index is 520. The highest BCUT2D eigenvalue weighted by Crippen LogP contribution is 2.23. The van der Waals surface area contributed by atoms with Crippen molar-refractivity contribution < 1.29 is 9.90 Å². The summed E-state index contributed by atoms with van der Waals surface area (Å²) in [4.78, 5) is 14.7. The second-order valence-electron chi connectivity index (χ2n) is 3.65. The molecule has 82 valence electrons. The first-order valence-electron chi connectivity index (χ1n) is 4.98. The standard InChI is InChI=1S/C12H12N2O2/c13-11(5-12(15)16)10-7-14-6-8-3-1-2-4-9(8)10/h1-4,6-7,11H,5,13H2,(H,15,16). The molecule has 2 rings (SSSR count). The zero-order valence-corrected chi connectivity index (χ0v) is 8.63. The minimum atomic E-state index is -0.902. The summed E-state index contributed by atoms with van der Waals surface area (Å²) >= 11 is 0. The van der Waals surface area contributed by atoms with Crippen LogP contribution in [0.15, 0.2) is 36.7 Å². The summed E-state index contributed by atoms with van der Waals surface area (Å²) in [5.41, 5.74) is 6.62. The number of benzene rings is 1. The maximum atomic E-state index is 10.6. The number of nitrogens with zero attached hydrogens (tertiary/aromatic N) is 1. The highest BCUT2D eigenvalue weighted by Gasteiger charge is 2.13. The third-order valence-electron chi connectivity index (χ3n) is 2.49. The van der Waals surface area contributed by atoms with Gasteiger partial charge in [0.25, 0.3) is 0 Å². The molecule has 0 aliphatic carbocycles. The molecular weight excluding hydrogens is 204 g/mol. The molecule has 0 aliphatic rings. The van der Waals surface area contributed by atoms with E-state index in [0.717, 1.165) is 16.3 Å². The van der Waals surface area contributed by atoms with Crippen molar-refractivity contribution in [3.8, 4) is 0 Å². The van der Waals surface area contributed by atoms with Gasteiger partial charge in [0.1, 0.15) is 0 Å². The average Bonchev–Trinajstić information content (AvgIpc) is 2.27. The second-order valence-corrected chi connectivity index (χ2v) is 3.65. The van der Waals surface area contributed by atoms with E-state index in [-0.39, 0.29) is 6.42 Å². The lowest BCUT2D eigenvalue weighted by atomic mass is 10.0. The highest BCUT2D eigenvalue weighted by molar-refractivity contribution is 5.85. The van der Waals surface area contributed by atoms with Crippen LogP contribution in [0.25, 0.3) is 10.8 Å². The lowest BCUT2D eigenvalue weighted by Gasteiger charge is -2.11. The molecule has 1 atom stereocenters. The zero-order chi connectivity index (χ0) is 11.5. The first kappa shape index (κ1) is 10.6. The number of fused-ring (bicyclic) bond motifs is 1. The first-order valence-corrected chi connectivity index (χ1v) is 4.98. The number of aromatic nitrogens is 1. The molecule has 1 aromatic carbocycles. The van der Waals surface area contributed by atoms with Crippen molar-refractivity contribution in [1.29, 1.82) is 0 Å². The predicted molar refractivity (Wildman–Crippen MR) is 60.9 cm³/mol. The van der Waals surface area contributed by atoms with Crippen LogP contribution in [-0.4, -0.2) is 16.1 Å². The Balaban J connectivity index is 2.47. The SMILES string of the molecule is NC(CC(=O)O)c1cncc2ccccc12. The van der Waals surface area contributed by atoms with Crippen molar-refractivity contribution in [1.82, 2.24) is 4.98 Å². The molecule has 0 amide bonds. The molecule has 0 saturated carbocycles. The minimum absolute atomic E-state index is 0.0876. The molecule has 0 radical (unpaired) electrons. The van der Waals surface area contributed by atoms with Crippen molar-refractivity contribution in [3.63, 3.8) is 0 Å². The van der Waals surface area contributed by atoms with Crippen LogP contribution in [0.3, 0.4) is 0 Å². The van der Waals surface area contributed by atoms with E-state index in [4.69, 9.17) is 10.8 Å². The number of carbonyl (C=O) groups is 1. The highest BCUT2D eigenvalue weighted by atomic mass is 16.4. The van der Waals surface area contributed by atoms with Crippen LogP contribution < -0.4 is 5.73 Å². The van der Waals surface area contributed by atoms with Gasteiger partial charge >= 0.3 is 5.97 Å². The molecule has 1 heterocycles. The quantitative estimate of drug-likeness (QED) is 0.818. The molecule has 16 heavy (non-hydrogen) atoms. The predicted octanol–water partition coefficient (Wildman–Crippen LogP) is 1.71. The van der Waals surface area contributed by atoms with Crippen LogP contribution in [-0.2, 0) is 4.79 Å². The number of carboxylic acids is 1. The number of aliphatic carboxylic acids is 1. The Hall–Kier alpha value is -1.94. The second kappa shape index (κ2) is 4.28. The van der Waals surface area contributed by atoms with Crippen molar-refractivity contribution in [2.75, 3.05) is 0 Å². The molecule has 0 bridgehead atoms. The summed E-state index contributed by atoms with van der Waals surface area (Å²) in [6.45, 7) is 0. The Morgan fingerprint density at radius 3 is 2.88 bits per heavy atom. The van der Waals surface area contributed by atoms with Gasteiger partial charge in [0.05, 0.1) is 6.42 Å². The average molecular weight is 216 g/mol. The zero-order valence-electron chi connectivity index (χ0n) is 8.63. The van der Waals surface area contributed by atoms with Crippen molar-refractivity contribution >= 4 is 16.7 Å². The molecule has 2 aromatic rings. The third-order valence-corrected chi connectivity index (χ3v) is 2.49. The van der Waals surface area contributed by atoms with Gasteiger partial charge in [-0.3, -0.25) is 9.78 Å². The van der Waals surface area contributed by atoms with E-state index in [1.807, 2.05) is 24.3 Å². The molecule has 0 saturated heterocycles. The van der Waals surface area contributed by atoms with Gasteiger partial charge in [-0.25, -0.2) is 0 Å². The van der Waals surface area contributed by atoms with Crippen molar-refractivity contribution in [2.24, 2.45) is 5.73 Å². The van der Waals surface area contributed by atoms with E-state index >= 15 is 0 Å². The van der Waals surface area contributed by atoms with Crippen LogP contribution in [0, 0.1) is 0 Å². The van der Waals surface area contributed by atoms with Gasteiger partial charge in [-0.2, -0.15) is 0 Å². The van der Waals surface area contributed by atoms with Crippen LogP contribution in [0.5, 0.6) is 0 Å². The van der Waals surface area contributed by atoms with E-state index in [9.17, 15) is 4.79 Å². The summed E-state index contributed by atoms with van der Waals surface area (Å²) in [5, 5.41) is 10.7. The Labute approximate surface area is 92.7 Å². The van der Waals surface area contributed by atoms with E-state index in [1.54, 1.807) is 12.4 Å². The van der Waals surface area contributed by atoms with Crippen LogP contribution >= 0.6 is 0 Å². The fraction of sp³-hybridized carbons (Fsp3) is 0.167. The minimum Gasteiger partial charge on any atom is -0.481 e. The molecule has 1 aromatic heterocycles. The Morgan fingerprint density at radius 1 is 1.38 bits per heavy atom. The van der Waals surface area contributed by atoms with Gasteiger partial charge in [-0.1, -0.05) is 24.3 Å². The fourth-order valence-corrected chi connectivity index (χ4v) is 1.73. The Kier molecular flexibility index (Phi) is 2.83. The largest absolute Gasteiger partial charge is 0.481 e. The topological polar surface area (TPSA) is 76.2 Å². The van der Waals surface area contributed by atoms with Gasteiger partial charge in [-0.05, 0) is 10.9 Å². The maximum Gasteiger partial charge on any atom is 0.305 e. The first-order chi connectivity index (χ1) is 7.68. The number of hydrogen-bond acceptors (Lipinski definition) is 3. The fourth-order valence-electron chi connectivity index (χ4n) is 1.73. The molecule has 1 unspecified atom stereocenters. The number of nitrogens with two attached hydrogens (primary N) is 1. The van der Waals surface area contributed by atoms with E-state index < -0.39 is 12.0 Å². The van der Waals surface area contributed by atoms with Crippen LogP contribution in [0.1, 0.15) is 18.0 Å². The monoisotopic (exact) mass is 216 g/mol. The molecule has 3 N–H and O–H groups in total. The molecule has 0 aliphatic heterocycles. The van der Waals surface area contributed by atoms with Crippen LogP contribution in [0.2, 0.25) is 0 Å². The van der Waals surface area contributed by atoms with Crippen LogP contribution in [0.4, 0.5) is 0 Å².